The number of fused-ring (bicyclic) bond motifs is 8. The van der Waals surface area contributed by atoms with E-state index in [4.69, 9.17) is 23.7 Å². The molecule has 4 aromatic rings. The Balaban J connectivity index is 0.925. The number of hydrogen-bond acceptors (Lipinski definition) is 13. The maximum atomic E-state index is 14.6. The molecule has 4 aliphatic carbocycles. The van der Waals surface area contributed by atoms with Crippen molar-refractivity contribution in [3.63, 3.8) is 0 Å². The van der Waals surface area contributed by atoms with E-state index < -0.39 is 23.6 Å². The first-order valence-electron chi connectivity index (χ1n) is 30.9. The van der Waals surface area contributed by atoms with E-state index in [1.165, 1.54) is 7.11 Å². The summed E-state index contributed by atoms with van der Waals surface area (Å²) in [7, 11) is 1.53. The van der Waals surface area contributed by atoms with Gasteiger partial charge in [0.2, 0.25) is 6.41 Å². The van der Waals surface area contributed by atoms with E-state index in [0.717, 1.165) is 50.5 Å². The van der Waals surface area contributed by atoms with Gasteiger partial charge in [-0.15, -0.1) is 0 Å². The van der Waals surface area contributed by atoms with Gasteiger partial charge in [0.15, 0.2) is 0 Å². The summed E-state index contributed by atoms with van der Waals surface area (Å²) in [5.74, 6) is -2.06. The van der Waals surface area contributed by atoms with Crippen LogP contribution in [-0.2, 0) is 14.3 Å². The van der Waals surface area contributed by atoms with Crippen molar-refractivity contribution in [2.45, 2.75) is 172 Å². The van der Waals surface area contributed by atoms with Gasteiger partial charge in [-0.05, 0) is 189 Å². The number of carbonyl (C=O) groups excluding carboxylic acids is 8. The lowest BCUT2D eigenvalue weighted by atomic mass is 9.90. The summed E-state index contributed by atoms with van der Waals surface area (Å²) in [5, 5.41) is 24.9. The number of ether oxygens (including phenoxy) is 5. The van der Waals surface area contributed by atoms with Gasteiger partial charge in [0, 0.05) is 59.5 Å². The van der Waals surface area contributed by atoms with Gasteiger partial charge >= 0.3 is 0 Å². The smallest absolute Gasteiger partial charge is 0.255 e. The molecule has 466 valence electrons. The number of benzene rings is 4. The maximum Gasteiger partial charge on any atom is 0.255 e. The molecule has 8 unspecified atom stereocenters. The molecule has 4 fully saturated rings. The molecule has 21 nitrogen and oxygen atoms in total. The summed E-state index contributed by atoms with van der Waals surface area (Å²) in [6.45, 7) is 5.90. The standard InChI is InChI=1S/C66H84N8O13/c1-39-20-21-57(83-4)52(28-39)62(78)70-48-16-9-19-51(37-48)74-66(82)56-32-41(3)31-55-59(56)87-27-25-85-23-22-84-24-26-86-58-53(63(79)71-45-13-6-12-44(34-45)67-38-75)29-40(2)30-54(58)64(80)72-49-17-7-14-46(35-49)68-60(76)42-10-5-11-43(33-42)61(77)69-47-15-8-18-50(36-47)73-65(55)81/h5,10-11,20-21,28-33,38,44-51H,6-9,12-19,22-27,34-37H2,1-4H3,(H,67,75)(H,68,76)(H,69,77)(H,70,78)(H,71,79)(H,72,80)(H,73,81)(H,74,82). The second-order valence-electron chi connectivity index (χ2n) is 23.9. The summed E-state index contributed by atoms with van der Waals surface area (Å²) in [6.07, 6.45) is 11.2. The molecule has 1 heterocycles. The lowest BCUT2D eigenvalue weighted by molar-refractivity contribution is -0.110. The molecule has 0 spiro atoms. The van der Waals surface area contributed by atoms with E-state index in [-0.39, 0.29) is 139 Å². The Kier molecular flexibility index (Phi) is 22.3. The van der Waals surface area contributed by atoms with E-state index in [0.29, 0.717) is 97.8 Å². The van der Waals surface area contributed by atoms with E-state index >= 15 is 0 Å². The molecule has 0 saturated heterocycles. The first kappa shape index (κ1) is 63.5. The largest absolute Gasteiger partial charge is 0.496 e. The fourth-order valence-corrected chi connectivity index (χ4v) is 12.8. The number of nitrogens with one attached hydrogen (secondary N) is 8. The molecule has 8 amide bonds. The zero-order valence-electron chi connectivity index (χ0n) is 50.4. The van der Waals surface area contributed by atoms with Crippen LogP contribution in [0.4, 0.5) is 0 Å². The Morgan fingerprint density at radius 1 is 0.471 bits per heavy atom. The number of carbonyl (C=O) groups is 8. The second-order valence-corrected chi connectivity index (χ2v) is 23.9. The quantitative estimate of drug-likeness (QED) is 0.0819. The first-order valence-corrected chi connectivity index (χ1v) is 30.9. The molecule has 4 aromatic carbocycles. The number of rotatable bonds is 9. The van der Waals surface area contributed by atoms with Crippen LogP contribution in [0.1, 0.15) is 192 Å². The molecule has 6 bridgehead atoms. The van der Waals surface area contributed by atoms with Crippen LogP contribution in [0.3, 0.4) is 0 Å². The zero-order chi connectivity index (χ0) is 61.4. The molecule has 0 aromatic heterocycles. The molecular weight excluding hydrogens is 1110 g/mol. The zero-order valence-corrected chi connectivity index (χ0v) is 50.4. The van der Waals surface area contributed by atoms with Gasteiger partial charge in [-0.1, -0.05) is 17.7 Å². The van der Waals surface area contributed by atoms with Gasteiger partial charge in [-0.25, -0.2) is 0 Å². The molecule has 8 N–H and O–H groups in total. The number of hydrogen-bond donors (Lipinski definition) is 8. The van der Waals surface area contributed by atoms with E-state index in [1.807, 2.05) is 13.0 Å². The van der Waals surface area contributed by atoms with Crippen molar-refractivity contribution in [2.75, 3.05) is 46.8 Å². The molecule has 87 heavy (non-hydrogen) atoms. The Labute approximate surface area is 508 Å². The summed E-state index contributed by atoms with van der Waals surface area (Å²) in [5.41, 5.74) is 3.97. The normalized spacial score (nSPS) is 24.5. The Hall–Kier alpha value is -8.04. The Morgan fingerprint density at radius 3 is 1.33 bits per heavy atom. The summed E-state index contributed by atoms with van der Waals surface area (Å²) < 4.78 is 30.1. The highest BCUT2D eigenvalue weighted by Gasteiger charge is 2.33. The lowest BCUT2D eigenvalue weighted by Crippen LogP contribution is -2.46. The minimum Gasteiger partial charge on any atom is -0.496 e. The van der Waals surface area contributed by atoms with Crippen LogP contribution < -0.4 is 56.7 Å². The average Bonchev–Trinajstić information content (AvgIpc) is 2.97. The number of methoxy groups -OCH3 is 1. The van der Waals surface area contributed by atoms with Crippen LogP contribution >= 0.6 is 0 Å². The van der Waals surface area contributed by atoms with Crippen molar-refractivity contribution in [3.8, 4) is 17.2 Å². The monoisotopic (exact) mass is 1200 g/mol. The van der Waals surface area contributed by atoms with Gasteiger partial charge in [0.1, 0.15) is 30.5 Å². The average molecular weight is 1200 g/mol. The summed E-state index contributed by atoms with van der Waals surface area (Å²) >= 11 is 0. The van der Waals surface area contributed by atoms with Gasteiger partial charge in [-0.2, -0.15) is 0 Å². The van der Waals surface area contributed by atoms with Crippen molar-refractivity contribution in [3.05, 3.63) is 122 Å². The molecule has 1 aliphatic heterocycles. The van der Waals surface area contributed by atoms with Crippen molar-refractivity contribution in [2.24, 2.45) is 0 Å². The highest BCUT2D eigenvalue weighted by atomic mass is 16.6. The van der Waals surface area contributed by atoms with E-state index in [9.17, 15) is 38.4 Å². The molecule has 9 rings (SSSR count). The Bertz CT molecular complexity index is 3150. The SMILES string of the molecule is COc1ccc(C)cc1C(=O)NC1CCCC(NC(=O)c2cc(C)cc3c2OCCOCCOCCOc2c(C(=O)NC4CCCC(NC=O)C4)cc(C)cc2C(=O)NC2CCCC(C2)NC(=O)c2cccc(c2)C(=O)NC2CCCC(C2)NC3=O)C1. The number of aryl methyl sites for hydroxylation is 3. The van der Waals surface area contributed by atoms with Crippen LogP contribution in [0, 0.1) is 20.8 Å². The minimum absolute atomic E-state index is 0.0225. The minimum atomic E-state index is -0.446. The maximum absolute atomic E-state index is 14.6. The van der Waals surface area contributed by atoms with Gasteiger partial charge in [0.25, 0.3) is 41.4 Å². The predicted octanol–water partition coefficient (Wildman–Crippen LogP) is 6.62. The predicted molar refractivity (Wildman–Crippen MR) is 325 cm³/mol. The van der Waals surface area contributed by atoms with Crippen LogP contribution in [0.25, 0.3) is 0 Å². The fourth-order valence-electron chi connectivity index (χ4n) is 12.8. The molecule has 5 aliphatic rings. The highest BCUT2D eigenvalue weighted by molar-refractivity contribution is 6.06. The van der Waals surface area contributed by atoms with Crippen LogP contribution in [-0.4, -0.2) is 143 Å². The second kappa shape index (κ2) is 30.5. The van der Waals surface area contributed by atoms with Crippen molar-refractivity contribution < 1.29 is 62.0 Å². The Morgan fingerprint density at radius 2 is 0.874 bits per heavy atom. The highest BCUT2D eigenvalue weighted by Crippen LogP contribution is 2.32. The van der Waals surface area contributed by atoms with Crippen molar-refractivity contribution in [1.82, 2.24) is 42.5 Å². The van der Waals surface area contributed by atoms with E-state index in [2.05, 4.69) is 42.5 Å². The topological polar surface area (TPSA) is 279 Å². The molecular formula is C66H84N8O13. The third-order valence-corrected chi connectivity index (χ3v) is 17.1. The van der Waals surface area contributed by atoms with Gasteiger partial charge < -0.3 is 66.2 Å². The van der Waals surface area contributed by atoms with Crippen LogP contribution in [0.15, 0.2) is 66.7 Å². The molecule has 4 saturated carbocycles. The third-order valence-electron chi connectivity index (χ3n) is 17.1. The van der Waals surface area contributed by atoms with Gasteiger partial charge in [0.05, 0.1) is 61.4 Å². The fraction of sp³-hybridized carbons (Fsp3) is 0.515. The first-order chi connectivity index (χ1) is 42.1. The number of amides is 8. The van der Waals surface area contributed by atoms with Crippen molar-refractivity contribution in [1.29, 1.82) is 0 Å². The third kappa shape index (κ3) is 17.4. The van der Waals surface area contributed by atoms with E-state index in [1.54, 1.807) is 74.5 Å². The lowest BCUT2D eigenvalue weighted by Gasteiger charge is -2.31. The summed E-state index contributed by atoms with van der Waals surface area (Å²) in [4.78, 5) is 110. The van der Waals surface area contributed by atoms with Gasteiger partial charge in [-0.3, -0.25) is 38.4 Å². The molecule has 0 radical (unpaired) electrons. The molecule has 8 atom stereocenters. The van der Waals surface area contributed by atoms with Crippen LogP contribution in [0.2, 0.25) is 0 Å². The van der Waals surface area contributed by atoms with Crippen LogP contribution in [0.5, 0.6) is 17.2 Å². The van der Waals surface area contributed by atoms with Crippen molar-refractivity contribution >= 4 is 47.8 Å². The summed E-state index contributed by atoms with van der Waals surface area (Å²) in [6, 6.07) is 16.7. The molecule has 21 heteroatoms.